The van der Waals surface area contributed by atoms with Gasteiger partial charge >= 0.3 is 0 Å². The normalized spacial score (nSPS) is 20.9. The Kier molecular flexibility index (Phi) is 6.72. The van der Waals surface area contributed by atoms with Crippen LogP contribution in [0.1, 0.15) is 49.4 Å². The molecule has 112 valence electrons. The summed E-state index contributed by atoms with van der Waals surface area (Å²) in [6.07, 6.45) is 6.42. The van der Waals surface area contributed by atoms with E-state index in [2.05, 4.69) is 43.7 Å². The monoisotopic (exact) mass is 421 g/mol. The van der Waals surface area contributed by atoms with Crippen LogP contribution in [0.5, 0.6) is 0 Å². The largest absolute Gasteiger partial charge is 0.296 e. The van der Waals surface area contributed by atoms with Gasteiger partial charge < -0.3 is 0 Å². The van der Waals surface area contributed by atoms with Gasteiger partial charge in [-0.15, -0.1) is 11.3 Å². The molecule has 1 aliphatic rings. The topological polar surface area (TPSA) is 20.3 Å². The van der Waals surface area contributed by atoms with Crippen LogP contribution in [0.2, 0.25) is 0 Å². The van der Waals surface area contributed by atoms with Gasteiger partial charge in [-0.05, 0) is 76.2 Å². The number of hydrogen-bond acceptors (Lipinski definition) is 3. The fourth-order valence-electron chi connectivity index (χ4n) is 2.90. The number of halogens is 2. The molecule has 0 radical (unpaired) electrons. The van der Waals surface area contributed by atoms with Crippen LogP contribution in [0.3, 0.4) is 0 Å². The van der Waals surface area contributed by atoms with Crippen LogP contribution >= 0.6 is 43.2 Å². The molecule has 0 bridgehead atoms. The molecule has 1 aromatic heterocycles. The summed E-state index contributed by atoms with van der Waals surface area (Å²) in [7, 11) is 0. The first kappa shape index (κ1) is 16.7. The van der Waals surface area contributed by atoms with Gasteiger partial charge in [-0.2, -0.15) is 0 Å². The predicted molar refractivity (Wildman–Crippen MR) is 92.7 cm³/mol. The quantitative estimate of drug-likeness (QED) is 0.595. The van der Waals surface area contributed by atoms with Gasteiger partial charge in [0.1, 0.15) is 0 Å². The standard InChI is InChI=1S/C15H21Br2NOS/c1-2-4-11-5-3-7-18(8-6-11)10-13(19)12-9-14(16)20-15(12)17/h9,11H,2-8,10H2,1H3. The minimum Gasteiger partial charge on any atom is -0.296 e. The van der Waals surface area contributed by atoms with Crippen molar-refractivity contribution in [3.63, 3.8) is 0 Å². The Morgan fingerprint density at radius 2 is 2.20 bits per heavy atom. The highest BCUT2D eigenvalue weighted by molar-refractivity contribution is 9.12. The molecule has 1 atom stereocenters. The van der Waals surface area contributed by atoms with Crippen LogP contribution in [0.15, 0.2) is 13.6 Å². The second-order valence-electron chi connectivity index (χ2n) is 5.52. The van der Waals surface area contributed by atoms with Crippen LogP contribution in [0.4, 0.5) is 0 Å². The molecule has 0 aromatic carbocycles. The van der Waals surface area contributed by atoms with Crippen LogP contribution in [-0.2, 0) is 0 Å². The highest BCUT2D eigenvalue weighted by Gasteiger charge is 2.20. The van der Waals surface area contributed by atoms with Crippen LogP contribution < -0.4 is 0 Å². The summed E-state index contributed by atoms with van der Waals surface area (Å²) in [6, 6.07) is 1.93. The van der Waals surface area contributed by atoms with E-state index in [9.17, 15) is 4.79 Å². The van der Waals surface area contributed by atoms with Crippen molar-refractivity contribution in [2.24, 2.45) is 5.92 Å². The van der Waals surface area contributed by atoms with Gasteiger partial charge in [-0.25, -0.2) is 0 Å². The van der Waals surface area contributed by atoms with Crippen LogP contribution in [-0.4, -0.2) is 30.3 Å². The van der Waals surface area contributed by atoms with Crippen molar-refractivity contribution in [2.75, 3.05) is 19.6 Å². The van der Waals surface area contributed by atoms with Crippen molar-refractivity contribution in [1.29, 1.82) is 0 Å². The summed E-state index contributed by atoms with van der Waals surface area (Å²) in [4.78, 5) is 14.7. The first-order chi connectivity index (χ1) is 9.60. The molecule has 20 heavy (non-hydrogen) atoms. The molecule has 1 aromatic rings. The third-order valence-corrected chi connectivity index (χ3v) is 6.30. The molecule has 5 heteroatoms. The number of thiophene rings is 1. The SMILES string of the molecule is CCCC1CCCN(CC(=O)c2cc(Br)sc2Br)CC1. The number of likely N-dealkylation sites (tertiary alicyclic amines) is 1. The Bertz CT molecular complexity index is 461. The first-order valence-corrected chi connectivity index (χ1v) is 9.70. The number of Topliss-reactive ketones (excluding diaryl/α,β-unsaturated/α-hetero) is 1. The Hall–Kier alpha value is 0.290. The first-order valence-electron chi connectivity index (χ1n) is 7.30. The number of carbonyl (C=O) groups excluding carboxylic acids is 1. The summed E-state index contributed by atoms with van der Waals surface area (Å²) in [5.74, 6) is 1.09. The van der Waals surface area contributed by atoms with Gasteiger partial charge in [0.15, 0.2) is 5.78 Å². The number of ketones is 1. The highest BCUT2D eigenvalue weighted by Crippen LogP contribution is 2.32. The van der Waals surface area contributed by atoms with Crippen LogP contribution in [0, 0.1) is 5.92 Å². The highest BCUT2D eigenvalue weighted by atomic mass is 79.9. The summed E-state index contributed by atoms with van der Waals surface area (Å²) < 4.78 is 1.94. The van der Waals surface area contributed by atoms with E-state index in [-0.39, 0.29) is 5.78 Å². The molecular weight excluding hydrogens is 402 g/mol. The van der Waals surface area contributed by atoms with E-state index in [0.29, 0.717) is 6.54 Å². The number of nitrogens with zero attached hydrogens (tertiary/aromatic N) is 1. The second-order valence-corrected chi connectivity index (χ2v) is 9.27. The van der Waals surface area contributed by atoms with E-state index < -0.39 is 0 Å². The third kappa shape index (κ3) is 4.65. The minimum atomic E-state index is 0.229. The summed E-state index contributed by atoms with van der Waals surface area (Å²) in [6.45, 7) is 4.95. The van der Waals surface area contributed by atoms with Gasteiger partial charge in [0.25, 0.3) is 0 Å². The van der Waals surface area contributed by atoms with Crippen molar-refractivity contribution in [3.8, 4) is 0 Å². The van der Waals surface area contributed by atoms with Crippen molar-refractivity contribution < 1.29 is 4.79 Å². The minimum absolute atomic E-state index is 0.229. The molecule has 1 aliphatic heterocycles. The van der Waals surface area contributed by atoms with E-state index >= 15 is 0 Å². The fraction of sp³-hybridized carbons (Fsp3) is 0.667. The van der Waals surface area contributed by atoms with E-state index in [1.165, 1.54) is 32.1 Å². The van der Waals surface area contributed by atoms with E-state index in [1.54, 1.807) is 11.3 Å². The maximum atomic E-state index is 12.4. The molecule has 0 saturated carbocycles. The summed E-state index contributed by atoms with van der Waals surface area (Å²) >= 11 is 8.48. The fourth-order valence-corrected chi connectivity index (χ4v) is 5.75. The molecule has 0 aliphatic carbocycles. The number of hydrogen-bond donors (Lipinski definition) is 0. The van der Waals surface area contributed by atoms with Crippen LogP contribution in [0.25, 0.3) is 0 Å². The lowest BCUT2D eigenvalue weighted by atomic mass is 9.96. The van der Waals surface area contributed by atoms with Gasteiger partial charge in [0, 0.05) is 5.56 Å². The van der Waals surface area contributed by atoms with Crippen molar-refractivity contribution in [2.45, 2.75) is 39.0 Å². The molecule has 1 saturated heterocycles. The zero-order chi connectivity index (χ0) is 14.5. The molecule has 2 heterocycles. The Morgan fingerprint density at radius 3 is 2.85 bits per heavy atom. The zero-order valence-electron chi connectivity index (χ0n) is 11.8. The zero-order valence-corrected chi connectivity index (χ0v) is 15.8. The summed E-state index contributed by atoms with van der Waals surface area (Å²) in [5.41, 5.74) is 0.816. The van der Waals surface area contributed by atoms with Crippen molar-refractivity contribution >= 4 is 49.0 Å². The smallest absolute Gasteiger partial charge is 0.178 e. The molecular formula is C15H21Br2NOS. The Balaban J connectivity index is 1.90. The van der Waals surface area contributed by atoms with Crippen molar-refractivity contribution in [1.82, 2.24) is 4.90 Å². The lowest BCUT2D eigenvalue weighted by Crippen LogP contribution is -2.31. The molecule has 0 spiro atoms. The van der Waals surface area contributed by atoms with E-state index in [4.69, 9.17) is 0 Å². The maximum Gasteiger partial charge on any atom is 0.178 e. The van der Waals surface area contributed by atoms with Gasteiger partial charge in [-0.3, -0.25) is 9.69 Å². The lowest BCUT2D eigenvalue weighted by Gasteiger charge is -2.19. The average Bonchev–Trinajstić information content (AvgIpc) is 2.60. The lowest BCUT2D eigenvalue weighted by molar-refractivity contribution is 0.0932. The van der Waals surface area contributed by atoms with Gasteiger partial charge in [0.05, 0.1) is 14.1 Å². The van der Waals surface area contributed by atoms with E-state index in [0.717, 1.165) is 32.1 Å². The van der Waals surface area contributed by atoms with Gasteiger partial charge in [-0.1, -0.05) is 19.8 Å². The molecule has 0 amide bonds. The molecule has 2 nitrogen and oxygen atoms in total. The Morgan fingerprint density at radius 1 is 1.40 bits per heavy atom. The van der Waals surface area contributed by atoms with Crippen molar-refractivity contribution in [3.05, 3.63) is 19.2 Å². The molecule has 1 unspecified atom stereocenters. The summed E-state index contributed by atoms with van der Waals surface area (Å²) in [5, 5.41) is 0. The maximum absolute atomic E-state index is 12.4. The Labute approximate surface area is 142 Å². The average molecular weight is 423 g/mol. The number of carbonyl (C=O) groups is 1. The van der Waals surface area contributed by atoms with E-state index in [1.807, 2.05) is 6.07 Å². The predicted octanol–water partition coefficient (Wildman–Crippen LogP) is 5.36. The molecule has 2 rings (SSSR count). The third-order valence-electron chi connectivity index (χ3n) is 3.96. The van der Waals surface area contributed by atoms with Gasteiger partial charge in [0.2, 0.25) is 0 Å². The molecule has 0 N–H and O–H groups in total. The molecule has 1 fully saturated rings. The second kappa shape index (κ2) is 8.06. The number of rotatable bonds is 5.